The van der Waals surface area contributed by atoms with Crippen LogP contribution in [-0.2, 0) is 11.3 Å². The molecule has 0 spiro atoms. The Morgan fingerprint density at radius 3 is 2.13 bits per heavy atom. The molecular weight excluding hydrogens is 610 g/mol. The van der Waals surface area contributed by atoms with Crippen molar-refractivity contribution in [3.8, 4) is 0 Å². The van der Waals surface area contributed by atoms with Crippen LogP contribution in [0.3, 0.4) is 0 Å². The smallest absolute Gasteiger partial charge is 0.342 e. The number of ketones is 1. The number of hydrogen-bond donors (Lipinski definition) is 0. The molecule has 0 radical (unpaired) electrons. The first-order valence-electron chi connectivity index (χ1n) is 15.4. The molecule has 0 aliphatic heterocycles. The van der Waals surface area contributed by atoms with E-state index in [1.807, 2.05) is 85.8 Å². The largest absolute Gasteiger partial charge is 0.431 e. The van der Waals surface area contributed by atoms with Gasteiger partial charge in [-0.2, -0.15) is 0 Å². The summed E-state index contributed by atoms with van der Waals surface area (Å²) in [7, 11) is 0. The number of fused-ring (bicyclic) bond motifs is 3. The Kier molecular flexibility index (Phi) is 9.72. The number of thioether (sulfide) groups is 1. The van der Waals surface area contributed by atoms with Crippen molar-refractivity contribution in [2.24, 2.45) is 0 Å². The number of benzene rings is 5. The Balaban J connectivity index is 1.35. The van der Waals surface area contributed by atoms with Crippen molar-refractivity contribution in [1.29, 1.82) is 0 Å². The number of aryl methyl sites for hydroxylation is 2. The normalized spacial score (nSPS) is 11.7. The van der Waals surface area contributed by atoms with Crippen LogP contribution in [0.15, 0.2) is 126 Å². The van der Waals surface area contributed by atoms with Gasteiger partial charge in [-0.15, -0.1) is 11.8 Å². The Hall–Kier alpha value is -4.58. The fraction of sp³-hybridized carbons (Fsp3) is 0.150. The minimum atomic E-state index is -0.392. The molecule has 0 fully saturated rings. The quantitative estimate of drug-likeness (QED) is 0.0463. The van der Waals surface area contributed by atoms with Gasteiger partial charge in [-0.05, 0) is 116 Å². The molecule has 0 N–H and O–H groups in total. The maximum Gasteiger partial charge on any atom is 0.342 e. The van der Waals surface area contributed by atoms with Gasteiger partial charge in [0, 0.05) is 49.4 Å². The van der Waals surface area contributed by atoms with Crippen LogP contribution < -0.4 is 0 Å². The molecule has 230 valence electrons. The van der Waals surface area contributed by atoms with Crippen molar-refractivity contribution in [1.82, 2.24) is 4.57 Å². The molecule has 0 aliphatic rings. The third kappa shape index (κ3) is 6.81. The van der Waals surface area contributed by atoms with E-state index in [1.54, 1.807) is 30.2 Å². The first kappa shape index (κ1) is 31.4. The Morgan fingerprint density at radius 2 is 1.43 bits per heavy atom. The highest BCUT2D eigenvalue weighted by Crippen LogP contribution is 2.34. The summed E-state index contributed by atoms with van der Waals surface area (Å²) in [5, 5.41) is 2.81. The number of rotatable bonds is 11. The Bertz CT molecular complexity index is 2060. The molecule has 46 heavy (non-hydrogen) atoms. The predicted molar refractivity (Wildman–Crippen MR) is 191 cm³/mol. The molecule has 6 heteroatoms. The number of nitrogens with zero attached hydrogens (tertiary/aromatic N) is 1. The van der Waals surface area contributed by atoms with Gasteiger partial charge in [-0.1, -0.05) is 60.1 Å². The second-order valence-electron chi connectivity index (χ2n) is 11.2. The van der Waals surface area contributed by atoms with Gasteiger partial charge < -0.3 is 9.30 Å². The molecule has 6 aromatic rings. The molecule has 6 rings (SSSR count). The van der Waals surface area contributed by atoms with Crippen LogP contribution >= 0.6 is 23.4 Å². The molecule has 0 bridgehead atoms. The van der Waals surface area contributed by atoms with E-state index in [1.165, 1.54) is 0 Å². The predicted octanol–water partition coefficient (Wildman–Crippen LogP) is 10.8. The number of aromatic nitrogens is 1. The van der Waals surface area contributed by atoms with Crippen molar-refractivity contribution in [3.05, 3.63) is 154 Å². The van der Waals surface area contributed by atoms with Gasteiger partial charge in [-0.25, -0.2) is 4.79 Å². The molecule has 0 atom stereocenters. The summed E-state index contributed by atoms with van der Waals surface area (Å²) in [6.45, 7) is 4.89. The lowest BCUT2D eigenvalue weighted by Crippen LogP contribution is -2.03. The standard InChI is InChI=1S/C40H34ClNO3S/c1-3-42-37-21-15-29(24-35(37)36-25-30(16-22-38(36)42)39(43)34-14-8-7-10-27(34)2)31(26-45-40(44)28-11-5-4-6-12-28)13-9-23-46-33-19-17-32(41)18-20-33/h4-8,10-12,14-22,24-26H,3,9,13,23H2,1-2H3/b31-26+. The summed E-state index contributed by atoms with van der Waals surface area (Å²) < 4.78 is 8.01. The van der Waals surface area contributed by atoms with Crippen molar-refractivity contribution >= 4 is 62.5 Å². The Morgan fingerprint density at radius 1 is 0.783 bits per heavy atom. The van der Waals surface area contributed by atoms with Crippen LogP contribution in [0.1, 0.15) is 57.2 Å². The van der Waals surface area contributed by atoms with E-state index >= 15 is 0 Å². The highest BCUT2D eigenvalue weighted by atomic mass is 35.5. The first-order chi connectivity index (χ1) is 22.4. The van der Waals surface area contributed by atoms with Gasteiger partial charge >= 0.3 is 5.97 Å². The topological polar surface area (TPSA) is 48.3 Å². The summed E-state index contributed by atoms with van der Waals surface area (Å²) in [5.74, 6) is 0.518. The third-order valence-electron chi connectivity index (χ3n) is 8.19. The molecule has 1 aromatic heterocycles. The van der Waals surface area contributed by atoms with Crippen LogP contribution in [0.25, 0.3) is 27.4 Å². The second kappa shape index (κ2) is 14.2. The lowest BCUT2D eigenvalue weighted by atomic mass is 9.97. The van der Waals surface area contributed by atoms with Gasteiger partial charge in [0.1, 0.15) is 0 Å². The number of ether oxygens (including phenoxy) is 1. The summed E-state index contributed by atoms with van der Waals surface area (Å²) >= 11 is 7.83. The van der Waals surface area contributed by atoms with E-state index in [0.29, 0.717) is 16.7 Å². The fourth-order valence-electron chi connectivity index (χ4n) is 5.79. The molecule has 0 saturated heterocycles. The number of esters is 1. The average Bonchev–Trinajstić information content (AvgIpc) is 3.41. The number of carbonyl (C=O) groups excluding carboxylic acids is 2. The van der Waals surface area contributed by atoms with Crippen LogP contribution in [-0.4, -0.2) is 22.1 Å². The van der Waals surface area contributed by atoms with Crippen LogP contribution in [0.4, 0.5) is 0 Å². The average molecular weight is 644 g/mol. The summed E-state index contributed by atoms with van der Waals surface area (Å²) in [6.07, 6.45) is 3.21. The van der Waals surface area contributed by atoms with Gasteiger partial charge in [-0.3, -0.25) is 4.79 Å². The molecule has 1 heterocycles. The van der Waals surface area contributed by atoms with E-state index in [2.05, 4.69) is 35.8 Å². The van der Waals surface area contributed by atoms with E-state index in [-0.39, 0.29) is 5.78 Å². The Labute approximate surface area is 278 Å². The molecule has 0 unspecified atom stereocenters. The van der Waals surface area contributed by atoms with E-state index in [0.717, 1.165) is 73.6 Å². The molecule has 0 saturated carbocycles. The molecule has 5 aromatic carbocycles. The van der Waals surface area contributed by atoms with E-state index < -0.39 is 5.97 Å². The third-order valence-corrected chi connectivity index (χ3v) is 9.54. The monoisotopic (exact) mass is 643 g/mol. The molecule has 0 aliphatic carbocycles. The zero-order chi connectivity index (χ0) is 32.0. The van der Waals surface area contributed by atoms with E-state index in [9.17, 15) is 9.59 Å². The zero-order valence-electron chi connectivity index (χ0n) is 25.8. The van der Waals surface area contributed by atoms with Gasteiger partial charge in [0.2, 0.25) is 0 Å². The van der Waals surface area contributed by atoms with Crippen molar-refractivity contribution < 1.29 is 14.3 Å². The number of carbonyl (C=O) groups is 2. The van der Waals surface area contributed by atoms with Gasteiger partial charge in [0.25, 0.3) is 0 Å². The lowest BCUT2D eigenvalue weighted by molar-refractivity contribution is 0.0663. The number of halogens is 1. The highest BCUT2D eigenvalue weighted by Gasteiger charge is 2.17. The van der Waals surface area contributed by atoms with Crippen LogP contribution in [0, 0.1) is 6.92 Å². The highest BCUT2D eigenvalue weighted by molar-refractivity contribution is 7.99. The van der Waals surface area contributed by atoms with E-state index in [4.69, 9.17) is 16.3 Å². The minimum absolute atomic E-state index is 0.0140. The van der Waals surface area contributed by atoms with Crippen molar-refractivity contribution in [2.45, 2.75) is 38.1 Å². The molecular formula is C40H34ClNO3S. The van der Waals surface area contributed by atoms with Crippen LogP contribution in [0.2, 0.25) is 5.02 Å². The fourth-order valence-corrected chi connectivity index (χ4v) is 6.77. The molecule has 0 amide bonds. The van der Waals surface area contributed by atoms with Gasteiger partial charge in [0.15, 0.2) is 5.78 Å². The van der Waals surface area contributed by atoms with Crippen LogP contribution in [0.5, 0.6) is 0 Å². The SMILES string of the molecule is CCn1c2ccc(C(=O)c3ccccc3C)cc2c2cc(/C(=C/OC(=O)c3ccccc3)CCCSc3ccc(Cl)cc3)ccc21. The zero-order valence-corrected chi connectivity index (χ0v) is 27.4. The second-order valence-corrected chi connectivity index (χ2v) is 12.8. The van der Waals surface area contributed by atoms with Crippen molar-refractivity contribution in [3.63, 3.8) is 0 Å². The maximum atomic E-state index is 13.6. The minimum Gasteiger partial charge on any atom is -0.431 e. The number of allylic oxidation sites excluding steroid dienone is 1. The summed E-state index contributed by atoms with van der Waals surface area (Å²) in [6, 6.07) is 37.0. The maximum absolute atomic E-state index is 13.6. The molecule has 4 nitrogen and oxygen atoms in total. The summed E-state index contributed by atoms with van der Waals surface area (Å²) in [4.78, 5) is 27.6. The number of hydrogen-bond acceptors (Lipinski definition) is 4. The van der Waals surface area contributed by atoms with Gasteiger partial charge in [0.05, 0.1) is 11.8 Å². The lowest BCUT2D eigenvalue weighted by Gasteiger charge is -2.10. The summed E-state index contributed by atoms with van der Waals surface area (Å²) in [5.41, 5.74) is 6.93. The first-order valence-corrected chi connectivity index (χ1v) is 16.8. The van der Waals surface area contributed by atoms with Crippen molar-refractivity contribution in [2.75, 3.05) is 5.75 Å².